The lowest BCUT2D eigenvalue weighted by Crippen LogP contribution is -1.97. The number of fused-ring (bicyclic) bond motifs is 1. The van der Waals surface area contributed by atoms with Crippen LogP contribution in [0.15, 0.2) is 42.4 Å². The van der Waals surface area contributed by atoms with E-state index in [1.165, 1.54) is 0 Å². The van der Waals surface area contributed by atoms with Crippen molar-refractivity contribution in [2.75, 3.05) is 7.11 Å². The monoisotopic (exact) mass is 405 g/mol. The van der Waals surface area contributed by atoms with Gasteiger partial charge in [0.25, 0.3) is 0 Å². The van der Waals surface area contributed by atoms with Crippen molar-refractivity contribution >= 4 is 16.9 Å². The van der Waals surface area contributed by atoms with Crippen LogP contribution in [0.4, 0.5) is 0 Å². The summed E-state index contributed by atoms with van der Waals surface area (Å²) in [6.45, 7) is 1.99. The van der Waals surface area contributed by atoms with Crippen LogP contribution in [-0.4, -0.2) is 41.0 Å². The Hall–Kier alpha value is -3.46. The third-order valence-electron chi connectivity index (χ3n) is 4.95. The zero-order valence-electron chi connectivity index (χ0n) is 16.5. The zero-order chi connectivity index (χ0) is 20.1. The first-order valence-electron chi connectivity index (χ1n) is 9.04. The van der Waals surface area contributed by atoms with Crippen molar-refractivity contribution in [1.29, 1.82) is 0 Å². The quantitative estimate of drug-likeness (QED) is 0.457. The lowest BCUT2D eigenvalue weighted by atomic mass is 10.1. The summed E-state index contributed by atoms with van der Waals surface area (Å²) in [5.41, 5.74) is 5.67. The minimum absolute atomic E-state index is 0.742. The molecule has 0 unspecified atom stereocenters. The molecule has 0 saturated carbocycles. The molecule has 0 atom stereocenters. The highest BCUT2D eigenvalue weighted by atomic mass is 32.1. The Labute approximate surface area is 171 Å². The van der Waals surface area contributed by atoms with E-state index in [0.717, 1.165) is 50.2 Å². The smallest absolute Gasteiger partial charge is 0.159 e. The molecular formula is C20H19N7OS. The molecule has 0 amide bonds. The number of hydrogen-bond acceptors (Lipinski definition) is 6. The van der Waals surface area contributed by atoms with Crippen LogP contribution in [0.2, 0.25) is 0 Å². The summed E-state index contributed by atoms with van der Waals surface area (Å²) in [4.78, 5) is 9.17. The van der Waals surface area contributed by atoms with Crippen molar-refractivity contribution in [1.82, 2.24) is 33.9 Å². The van der Waals surface area contributed by atoms with Gasteiger partial charge >= 0.3 is 0 Å². The van der Waals surface area contributed by atoms with Crippen molar-refractivity contribution in [2.45, 2.75) is 6.92 Å². The predicted molar refractivity (Wildman–Crippen MR) is 112 cm³/mol. The normalized spacial score (nSPS) is 11.4. The highest BCUT2D eigenvalue weighted by Gasteiger charge is 2.19. The molecular weight excluding hydrogens is 386 g/mol. The predicted octanol–water partition coefficient (Wildman–Crippen LogP) is 3.58. The summed E-state index contributed by atoms with van der Waals surface area (Å²) < 4.78 is 11.4. The van der Waals surface area contributed by atoms with Gasteiger partial charge in [-0.1, -0.05) is 0 Å². The van der Waals surface area contributed by atoms with Gasteiger partial charge in [-0.05, 0) is 13.0 Å². The molecule has 9 heteroatoms. The number of ether oxygens (including phenoxy) is 1. The summed E-state index contributed by atoms with van der Waals surface area (Å²) in [6, 6.07) is 2.01. The summed E-state index contributed by atoms with van der Waals surface area (Å²) in [5, 5.41) is 11.9. The number of aromatic nitrogens is 7. The van der Waals surface area contributed by atoms with Crippen LogP contribution in [0.3, 0.4) is 0 Å². The summed E-state index contributed by atoms with van der Waals surface area (Å²) in [5.74, 6) is 1.57. The molecule has 0 saturated heterocycles. The highest BCUT2D eigenvalue weighted by Crippen LogP contribution is 2.35. The highest BCUT2D eigenvalue weighted by molar-refractivity contribution is 7.09. The van der Waals surface area contributed by atoms with Crippen LogP contribution in [0.1, 0.15) is 5.01 Å². The van der Waals surface area contributed by atoms with Gasteiger partial charge < -0.3 is 9.30 Å². The second kappa shape index (κ2) is 6.56. The van der Waals surface area contributed by atoms with Gasteiger partial charge in [-0.2, -0.15) is 10.2 Å². The van der Waals surface area contributed by atoms with Gasteiger partial charge in [0.05, 0.1) is 36.4 Å². The second-order valence-corrected chi connectivity index (χ2v) is 7.89. The molecule has 5 rings (SSSR count). The topological polar surface area (TPSA) is 75.1 Å². The van der Waals surface area contributed by atoms with Crippen LogP contribution in [0.25, 0.3) is 39.4 Å². The maximum absolute atomic E-state index is 5.72. The summed E-state index contributed by atoms with van der Waals surface area (Å²) >= 11 is 1.62. The van der Waals surface area contributed by atoms with Crippen LogP contribution in [0, 0.1) is 6.92 Å². The minimum atomic E-state index is 0.742. The van der Waals surface area contributed by atoms with Crippen molar-refractivity contribution in [3.8, 4) is 39.7 Å². The van der Waals surface area contributed by atoms with E-state index in [1.54, 1.807) is 23.1 Å². The van der Waals surface area contributed by atoms with E-state index in [-0.39, 0.29) is 0 Å². The number of thiazole rings is 1. The van der Waals surface area contributed by atoms with E-state index in [0.29, 0.717) is 0 Å². The van der Waals surface area contributed by atoms with E-state index in [4.69, 9.17) is 4.74 Å². The Morgan fingerprint density at radius 3 is 2.59 bits per heavy atom. The Kier molecular flexibility index (Phi) is 3.99. The molecule has 0 aliphatic rings. The van der Waals surface area contributed by atoms with Crippen molar-refractivity contribution in [2.24, 2.45) is 14.1 Å². The summed E-state index contributed by atoms with van der Waals surface area (Å²) in [7, 11) is 5.56. The third kappa shape index (κ3) is 2.82. The number of aryl methyl sites for hydroxylation is 2. The van der Waals surface area contributed by atoms with E-state index < -0.39 is 0 Å². The van der Waals surface area contributed by atoms with Crippen molar-refractivity contribution in [3.63, 3.8) is 0 Å². The van der Waals surface area contributed by atoms with E-state index in [1.807, 2.05) is 72.5 Å². The lowest BCUT2D eigenvalue weighted by Gasteiger charge is -2.09. The first kappa shape index (κ1) is 17.6. The molecule has 5 heterocycles. The average molecular weight is 405 g/mol. The fourth-order valence-corrected chi connectivity index (χ4v) is 4.11. The molecule has 0 N–H and O–H groups in total. The Morgan fingerprint density at radius 2 is 1.90 bits per heavy atom. The van der Waals surface area contributed by atoms with Crippen LogP contribution in [0.5, 0.6) is 5.75 Å². The van der Waals surface area contributed by atoms with Crippen molar-refractivity contribution in [3.05, 3.63) is 47.4 Å². The van der Waals surface area contributed by atoms with E-state index in [2.05, 4.69) is 20.2 Å². The SMILES string of the molecule is COc1cc(-c2cnn(C)c2)cn2ncc(-c3cnc(-c4csc(C)n4)n3C)c12. The first-order valence-corrected chi connectivity index (χ1v) is 9.92. The third-order valence-corrected chi connectivity index (χ3v) is 5.72. The Morgan fingerprint density at radius 1 is 1.03 bits per heavy atom. The standard InChI is InChI=1S/C20H19N7OS/c1-12-24-16(11-29-12)20-21-8-17(26(20)3)15-7-23-27-10-13(5-18(28-4)19(15)27)14-6-22-25(2)9-14/h5-11H,1-4H3. The molecule has 0 radical (unpaired) electrons. The average Bonchev–Trinajstić information content (AvgIpc) is 3.48. The molecule has 0 bridgehead atoms. The van der Waals surface area contributed by atoms with Crippen molar-refractivity contribution < 1.29 is 4.74 Å². The fourth-order valence-electron chi connectivity index (χ4n) is 3.52. The number of pyridine rings is 1. The molecule has 146 valence electrons. The number of hydrogen-bond donors (Lipinski definition) is 0. The van der Waals surface area contributed by atoms with E-state index in [9.17, 15) is 0 Å². The largest absolute Gasteiger partial charge is 0.494 e. The van der Waals surface area contributed by atoms with Gasteiger partial charge in [0.15, 0.2) is 5.82 Å². The van der Waals surface area contributed by atoms with Crippen LogP contribution < -0.4 is 4.74 Å². The molecule has 0 fully saturated rings. The lowest BCUT2D eigenvalue weighted by molar-refractivity contribution is 0.418. The molecule has 0 aliphatic carbocycles. The molecule has 5 aromatic heterocycles. The molecule has 5 aromatic rings. The molecule has 0 aromatic carbocycles. The minimum Gasteiger partial charge on any atom is -0.494 e. The zero-order valence-corrected chi connectivity index (χ0v) is 17.3. The van der Waals surface area contributed by atoms with Crippen LogP contribution >= 0.6 is 11.3 Å². The molecule has 0 spiro atoms. The number of rotatable bonds is 4. The summed E-state index contributed by atoms with van der Waals surface area (Å²) in [6.07, 6.45) is 9.48. The molecule has 29 heavy (non-hydrogen) atoms. The molecule has 8 nitrogen and oxygen atoms in total. The van der Waals surface area contributed by atoms with Gasteiger partial charge in [-0.15, -0.1) is 11.3 Å². The fraction of sp³-hybridized carbons (Fsp3) is 0.200. The Balaban J connectivity index is 1.66. The Bertz CT molecular complexity index is 1340. The maximum Gasteiger partial charge on any atom is 0.159 e. The first-order chi connectivity index (χ1) is 14.0. The second-order valence-electron chi connectivity index (χ2n) is 6.83. The van der Waals surface area contributed by atoms with Gasteiger partial charge in [0.1, 0.15) is 17.0 Å². The maximum atomic E-state index is 5.72. The van der Waals surface area contributed by atoms with E-state index >= 15 is 0 Å². The van der Waals surface area contributed by atoms with Gasteiger partial charge in [-0.25, -0.2) is 14.5 Å². The van der Waals surface area contributed by atoms with Gasteiger partial charge in [0, 0.05) is 48.6 Å². The van der Waals surface area contributed by atoms with Gasteiger partial charge in [0.2, 0.25) is 0 Å². The number of methoxy groups -OCH3 is 1. The van der Waals surface area contributed by atoms with Gasteiger partial charge in [-0.3, -0.25) is 4.68 Å². The number of imidazole rings is 1. The number of nitrogens with zero attached hydrogens (tertiary/aromatic N) is 7. The molecule has 0 aliphatic heterocycles. The van der Waals surface area contributed by atoms with Crippen LogP contribution in [-0.2, 0) is 14.1 Å².